The van der Waals surface area contributed by atoms with Crippen LogP contribution in [0.25, 0.3) is 0 Å². The Morgan fingerprint density at radius 1 is 1.26 bits per heavy atom. The third-order valence-corrected chi connectivity index (χ3v) is 4.29. The van der Waals surface area contributed by atoms with E-state index in [0.717, 1.165) is 5.56 Å². The predicted octanol–water partition coefficient (Wildman–Crippen LogP) is 2.82. The summed E-state index contributed by atoms with van der Waals surface area (Å²) in [7, 11) is 0. The van der Waals surface area contributed by atoms with Crippen LogP contribution in [0, 0.1) is 5.92 Å². The summed E-state index contributed by atoms with van der Waals surface area (Å²) in [6.45, 7) is 1.75. The van der Waals surface area contributed by atoms with Crippen molar-refractivity contribution in [2.75, 3.05) is 13.1 Å². The fraction of sp³-hybridized carbons (Fsp3) is 0.294. The van der Waals surface area contributed by atoms with E-state index in [1.54, 1.807) is 12.1 Å². The Hall–Kier alpha value is -2.08. The van der Waals surface area contributed by atoms with Gasteiger partial charge in [-0.3, -0.25) is 9.59 Å². The molecule has 2 heterocycles. The van der Waals surface area contributed by atoms with E-state index in [1.807, 2.05) is 35.2 Å². The molecular weight excluding hydrogens is 360 g/mol. The molecule has 1 aromatic heterocycles. The highest BCUT2D eigenvalue weighted by atomic mass is 79.9. The second-order valence-electron chi connectivity index (χ2n) is 5.64. The third kappa shape index (κ3) is 4.01. The molecule has 0 bridgehead atoms. The molecule has 0 radical (unpaired) electrons. The first kappa shape index (κ1) is 15.8. The number of carbonyl (C=O) groups is 2. The summed E-state index contributed by atoms with van der Waals surface area (Å²) in [5.41, 5.74) is 1.12. The van der Waals surface area contributed by atoms with Gasteiger partial charge in [0.15, 0.2) is 10.4 Å². The van der Waals surface area contributed by atoms with Crippen LogP contribution >= 0.6 is 15.9 Å². The molecule has 2 aromatic rings. The van der Waals surface area contributed by atoms with E-state index in [-0.39, 0.29) is 23.5 Å². The largest absolute Gasteiger partial charge is 0.444 e. The van der Waals surface area contributed by atoms with Crippen molar-refractivity contribution in [1.82, 2.24) is 10.2 Å². The van der Waals surface area contributed by atoms with Gasteiger partial charge in [0.2, 0.25) is 5.91 Å². The van der Waals surface area contributed by atoms with Crippen LogP contribution in [-0.2, 0) is 11.3 Å². The van der Waals surface area contributed by atoms with Gasteiger partial charge in [-0.1, -0.05) is 30.3 Å². The first-order valence-electron chi connectivity index (χ1n) is 7.47. The summed E-state index contributed by atoms with van der Waals surface area (Å²) in [5.74, 6) is 0.273. The molecule has 23 heavy (non-hydrogen) atoms. The molecule has 2 amide bonds. The molecule has 1 N–H and O–H groups in total. The van der Waals surface area contributed by atoms with Crippen LogP contribution < -0.4 is 5.32 Å². The van der Waals surface area contributed by atoms with E-state index < -0.39 is 0 Å². The number of nitrogens with zero attached hydrogens (tertiary/aromatic N) is 1. The number of furan rings is 1. The predicted molar refractivity (Wildman–Crippen MR) is 88.7 cm³/mol. The van der Waals surface area contributed by atoms with Crippen LogP contribution in [0.4, 0.5) is 0 Å². The van der Waals surface area contributed by atoms with Gasteiger partial charge in [0.05, 0.1) is 0 Å². The third-order valence-electron chi connectivity index (χ3n) is 3.86. The average Bonchev–Trinajstić information content (AvgIpc) is 3.13. The maximum Gasteiger partial charge on any atom is 0.287 e. The van der Waals surface area contributed by atoms with Crippen LogP contribution in [-0.4, -0.2) is 29.8 Å². The molecule has 3 rings (SSSR count). The Morgan fingerprint density at radius 3 is 2.74 bits per heavy atom. The van der Waals surface area contributed by atoms with E-state index in [4.69, 9.17) is 4.42 Å². The highest BCUT2D eigenvalue weighted by Crippen LogP contribution is 2.20. The van der Waals surface area contributed by atoms with E-state index in [2.05, 4.69) is 21.2 Å². The molecule has 1 aliphatic heterocycles. The SMILES string of the molecule is O=C(NCC1CC(=O)N(Cc2ccccc2)C1)c1ccc(Br)o1. The molecule has 6 heteroatoms. The van der Waals surface area contributed by atoms with Crippen LogP contribution in [0.2, 0.25) is 0 Å². The molecule has 0 aliphatic carbocycles. The zero-order chi connectivity index (χ0) is 16.2. The molecule has 1 atom stereocenters. The Morgan fingerprint density at radius 2 is 2.04 bits per heavy atom. The van der Waals surface area contributed by atoms with Crippen molar-refractivity contribution >= 4 is 27.7 Å². The van der Waals surface area contributed by atoms with Gasteiger partial charge in [0, 0.05) is 32.0 Å². The smallest absolute Gasteiger partial charge is 0.287 e. The van der Waals surface area contributed by atoms with Crippen molar-refractivity contribution in [3.05, 3.63) is 58.5 Å². The summed E-state index contributed by atoms with van der Waals surface area (Å²) in [4.78, 5) is 25.9. The fourth-order valence-corrected chi connectivity index (χ4v) is 3.01. The Balaban J connectivity index is 1.50. The van der Waals surface area contributed by atoms with E-state index in [0.29, 0.717) is 30.7 Å². The second kappa shape index (κ2) is 7.00. The number of amides is 2. The molecular formula is C17H17BrN2O3. The lowest BCUT2D eigenvalue weighted by Gasteiger charge is -2.16. The lowest BCUT2D eigenvalue weighted by Crippen LogP contribution is -2.31. The van der Waals surface area contributed by atoms with Gasteiger partial charge in [-0.15, -0.1) is 0 Å². The number of carbonyl (C=O) groups excluding carboxylic acids is 2. The first-order chi connectivity index (χ1) is 11.1. The lowest BCUT2D eigenvalue weighted by molar-refractivity contribution is -0.128. The van der Waals surface area contributed by atoms with Crippen molar-refractivity contribution < 1.29 is 14.0 Å². The normalized spacial score (nSPS) is 17.5. The minimum absolute atomic E-state index is 0.133. The topological polar surface area (TPSA) is 62.6 Å². The minimum Gasteiger partial charge on any atom is -0.444 e. The van der Waals surface area contributed by atoms with E-state index in [9.17, 15) is 9.59 Å². The summed E-state index contributed by atoms with van der Waals surface area (Å²) in [6.07, 6.45) is 0.467. The summed E-state index contributed by atoms with van der Waals surface area (Å²) >= 11 is 3.17. The number of rotatable bonds is 5. The number of halogens is 1. The van der Waals surface area contributed by atoms with Crippen LogP contribution in [0.3, 0.4) is 0 Å². The molecule has 0 saturated carbocycles. The van der Waals surface area contributed by atoms with Gasteiger partial charge in [-0.2, -0.15) is 0 Å². The van der Waals surface area contributed by atoms with Crippen molar-refractivity contribution in [2.45, 2.75) is 13.0 Å². The quantitative estimate of drug-likeness (QED) is 0.872. The maximum absolute atomic E-state index is 12.1. The van der Waals surface area contributed by atoms with Gasteiger partial charge in [-0.05, 0) is 33.6 Å². The van der Waals surface area contributed by atoms with Crippen molar-refractivity contribution in [3.63, 3.8) is 0 Å². The summed E-state index contributed by atoms with van der Waals surface area (Å²) < 4.78 is 5.73. The number of hydrogen-bond acceptors (Lipinski definition) is 3. The lowest BCUT2D eigenvalue weighted by atomic mass is 10.1. The number of hydrogen-bond donors (Lipinski definition) is 1. The zero-order valence-electron chi connectivity index (χ0n) is 12.5. The highest BCUT2D eigenvalue weighted by molar-refractivity contribution is 9.10. The number of benzene rings is 1. The molecule has 1 unspecified atom stereocenters. The summed E-state index contributed by atoms with van der Waals surface area (Å²) in [5, 5.41) is 2.83. The Kier molecular flexibility index (Phi) is 4.81. The molecule has 5 nitrogen and oxygen atoms in total. The van der Waals surface area contributed by atoms with Crippen molar-refractivity contribution in [3.8, 4) is 0 Å². The van der Waals surface area contributed by atoms with Gasteiger partial charge < -0.3 is 14.6 Å². The fourth-order valence-electron chi connectivity index (χ4n) is 2.71. The van der Waals surface area contributed by atoms with Gasteiger partial charge in [-0.25, -0.2) is 0 Å². The van der Waals surface area contributed by atoms with Crippen LogP contribution in [0.15, 0.2) is 51.6 Å². The van der Waals surface area contributed by atoms with Crippen LogP contribution in [0.5, 0.6) is 0 Å². The van der Waals surface area contributed by atoms with Crippen molar-refractivity contribution in [2.24, 2.45) is 5.92 Å². The number of nitrogens with one attached hydrogen (secondary N) is 1. The van der Waals surface area contributed by atoms with Gasteiger partial charge in [0.25, 0.3) is 5.91 Å². The molecule has 1 aliphatic rings. The maximum atomic E-state index is 12.1. The molecule has 1 saturated heterocycles. The van der Waals surface area contributed by atoms with E-state index >= 15 is 0 Å². The van der Waals surface area contributed by atoms with Gasteiger partial charge >= 0.3 is 0 Å². The minimum atomic E-state index is -0.260. The van der Waals surface area contributed by atoms with Gasteiger partial charge in [0.1, 0.15) is 0 Å². The Bertz CT molecular complexity index is 699. The molecule has 0 spiro atoms. The number of likely N-dealkylation sites (tertiary alicyclic amines) is 1. The van der Waals surface area contributed by atoms with Crippen molar-refractivity contribution in [1.29, 1.82) is 0 Å². The summed E-state index contributed by atoms with van der Waals surface area (Å²) in [6, 6.07) is 13.2. The Labute approximate surface area is 142 Å². The van der Waals surface area contributed by atoms with E-state index in [1.165, 1.54) is 0 Å². The zero-order valence-corrected chi connectivity index (χ0v) is 14.1. The standard InChI is InChI=1S/C17H17BrN2O3/c18-15-7-6-14(23-15)17(22)19-9-13-8-16(21)20(11-13)10-12-4-2-1-3-5-12/h1-7,13H,8-11H2,(H,19,22). The monoisotopic (exact) mass is 376 g/mol. The molecule has 1 aromatic carbocycles. The first-order valence-corrected chi connectivity index (χ1v) is 8.26. The molecule has 120 valence electrons. The average molecular weight is 377 g/mol. The van der Waals surface area contributed by atoms with Crippen LogP contribution in [0.1, 0.15) is 22.5 Å². The highest BCUT2D eigenvalue weighted by Gasteiger charge is 2.29. The second-order valence-corrected chi connectivity index (χ2v) is 6.43. The molecule has 1 fully saturated rings.